The first-order valence-electron chi connectivity index (χ1n) is 7.94. The molecule has 0 aliphatic rings. The molecule has 0 fully saturated rings. The van der Waals surface area contributed by atoms with Gasteiger partial charge in [-0.3, -0.25) is 20.4 Å². The largest absolute Gasteiger partial charge is 0.383 e. The van der Waals surface area contributed by atoms with Crippen LogP contribution in [-0.2, 0) is 4.74 Å². The summed E-state index contributed by atoms with van der Waals surface area (Å²) in [6, 6.07) is 10.6. The lowest BCUT2D eigenvalue weighted by Gasteiger charge is -2.16. The summed E-state index contributed by atoms with van der Waals surface area (Å²) in [6.07, 6.45) is 0. The Balaban J connectivity index is 2.12. The number of amides is 1. The molecule has 1 heterocycles. The maximum absolute atomic E-state index is 12.3. The van der Waals surface area contributed by atoms with Gasteiger partial charge < -0.3 is 10.1 Å². The second-order valence-electron chi connectivity index (χ2n) is 5.65. The fourth-order valence-corrected chi connectivity index (χ4v) is 2.51. The van der Waals surface area contributed by atoms with Crippen LogP contribution < -0.4 is 21.6 Å². The molecule has 1 aromatic heterocycles. The number of ether oxygens (including phenoxy) is 1. The molecule has 0 aliphatic heterocycles. The van der Waals surface area contributed by atoms with Gasteiger partial charge in [-0.15, -0.1) is 0 Å². The van der Waals surface area contributed by atoms with E-state index in [1.165, 1.54) is 10.7 Å². The van der Waals surface area contributed by atoms with Crippen molar-refractivity contribution in [2.24, 2.45) is 0 Å². The Labute approximate surface area is 156 Å². The Morgan fingerprint density at radius 2 is 2.00 bits per heavy atom. The Bertz CT molecular complexity index is 838. The maximum Gasteiger partial charge on any atom is 0.294 e. The van der Waals surface area contributed by atoms with Crippen LogP contribution in [0.1, 0.15) is 23.1 Å². The number of benzene rings is 1. The van der Waals surface area contributed by atoms with Crippen LogP contribution in [0.5, 0.6) is 0 Å². The molecule has 138 valence electrons. The summed E-state index contributed by atoms with van der Waals surface area (Å²) in [4.78, 5) is 24.5. The molecule has 1 aromatic carbocycles. The number of aryl methyl sites for hydroxylation is 1. The Morgan fingerprint density at radius 1 is 1.31 bits per heavy atom. The average Bonchev–Trinajstić information content (AvgIpc) is 2.60. The number of nitrogens with one attached hydrogen (secondary N) is 3. The normalized spacial score (nSPS) is 11.5. The minimum absolute atomic E-state index is 0.0373. The van der Waals surface area contributed by atoms with Crippen LogP contribution in [0.4, 0.5) is 0 Å². The number of hydrazine groups is 1. The van der Waals surface area contributed by atoms with Gasteiger partial charge in [-0.25, -0.2) is 4.68 Å². The van der Waals surface area contributed by atoms with Gasteiger partial charge in [0.1, 0.15) is 0 Å². The highest BCUT2D eigenvalue weighted by atomic mass is 32.1. The fraction of sp³-hybridized carbons (Fsp3) is 0.294. The van der Waals surface area contributed by atoms with Crippen molar-refractivity contribution in [1.29, 1.82) is 0 Å². The van der Waals surface area contributed by atoms with E-state index in [0.29, 0.717) is 12.3 Å². The third-order valence-corrected chi connectivity index (χ3v) is 3.63. The smallest absolute Gasteiger partial charge is 0.294 e. The van der Waals surface area contributed by atoms with E-state index < -0.39 is 11.3 Å². The highest BCUT2D eigenvalue weighted by Crippen LogP contribution is 2.07. The summed E-state index contributed by atoms with van der Waals surface area (Å²) in [5, 5.41) is 7.31. The van der Waals surface area contributed by atoms with Gasteiger partial charge in [0.2, 0.25) is 5.43 Å². The van der Waals surface area contributed by atoms with Gasteiger partial charge in [0.25, 0.3) is 5.91 Å². The molecule has 0 saturated carbocycles. The third-order valence-electron chi connectivity index (χ3n) is 3.41. The molecule has 1 atom stereocenters. The van der Waals surface area contributed by atoms with Crippen molar-refractivity contribution in [3.8, 4) is 5.69 Å². The van der Waals surface area contributed by atoms with Crippen molar-refractivity contribution in [1.82, 2.24) is 25.9 Å². The Morgan fingerprint density at radius 3 is 2.65 bits per heavy atom. The summed E-state index contributed by atoms with van der Waals surface area (Å²) in [6.45, 7) is 4.08. The van der Waals surface area contributed by atoms with Crippen molar-refractivity contribution >= 4 is 23.2 Å². The van der Waals surface area contributed by atoms with Crippen LogP contribution in [0.3, 0.4) is 0 Å². The topological polar surface area (TPSA) is 97.3 Å². The Kier molecular flexibility index (Phi) is 6.81. The highest BCUT2D eigenvalue weighted by molar-refractivity contribution is 7.80. The van der Waals surface area contributed by atoms with Gasteiger partial charge in [-0.2, -0.15) is 5.10 Å². The molecule has 2 aromatic rings. The van der Waals surface area contributed by atoms with Crippen molar-refractivity contribution < 1.29 is 9.53 Å². The van der Waals surface area contributed by atoms with E-state index in [1.54, 1.807) is 14.0 Å². The zero-order chi connectivity index (χ0) is 19.1. The zero-order valence-corrected chi connectivity index (χ0v) is 15.6. The molecule has 0 radical (unpaired) electrons. The van der Waals surface area contributed by atoms with Gasteiger partial charge in [0.15, 0.2) is 10.8 Å². The quantitative estimate of drug-likeness (QED) is 0.522. The van der Waals surface area contributed by atoms with Crippen LogP contribution >= 0.6 is 12.2 Å². The number of aromatic nitrogens is 2. The molecule has 0 spiro atoms. The van der Waals surface area contributed by atoms with Gasteiger partial charge in [-0.1, -0.05) is 18.2 Å². The average molecular weight is 375 g/mol. The second kappa shape index (κ2) is 9.07. The lowest BCUT2D eigenvalue weighted by molar-refractivity contribution is 0.0935. The van der Waals surface area contributed by atoms with Crippen molar-refractivity contribution in [2.75, 3.05) is 13.7 Å². The maximum atomic E-state index is 12.3. The van der Waals surface area contributed by atoms with Crippen LogP contribution in [0.15, 0.2) is 41.2 Å². The number of para-hydroxylation sites is 1. The second-order valence-corrected chi connectivity index (χ2v) is 6.06. The lowest BCUT2D eigenvalue weighted by atomic mass is 10.3. The first-order chi connectivity index (χ1) is 12.4. The van der Waals surface area contributed by atoms with Gasteiger partial charge in [-0.05, 0) is 38.2 Å². The molecule has 0 bridgehead atoms. The first-order valence-corrected chi connectivity index (χ1v) is 8.35. The summed E-state index contributed by atoms with van der Waals surface area (Å²) in [5.74, 6) is -0.678. The van der Waals surface area contributed by atoms with E-state index in [2.05, 4.69) is 21.3 Å². The van der Waals surface area contributed by atoms with E-state index in [0.717, 1.165) is 5.69 Å². The lowest BCUT2D eigenvalue weighted by Crippen LogP contribution is -2.50. The van der Waals surface area contributed by atoms with Crippen LogP contribution in [0.2, 0.25) is 0 Å². The van der Waals surface area contributed by atoms with Crippen LogP contribution in [0.25, 0.3) is 5.69 Å². The SMILES string of the molecule is COC[C@H](C)NC(=S)NNC(=O)c1nn(-c2ccccc2)c(C)cc1=O. The predicted molar refractivity (Wildman–Crippen MR) is 102 cm³/mol. The standard InChI is InChI=1S/C17H21N5O3S/c1-11(10-25-3)18-17(26)20-19-16(24)15-14(23)9-12(2)22(21-15)13-7-5-4-6-8-13/h4-9,11H,10H2,1-3H3,(H,19,24)(H2,18,20,26)/t11-/m0/s1. The molecule has 8 nitrogen and oxygen atoms in total. The first kappa shape index (κ1) is 19.5. The minimum Gasteiger partial charge on any atom is -0.383 e. The molecule has 0 aliphatic carbocycles. The molecule has 26 heavy (non-hydrogen) atoms. The number of methoxy groups -OCH3 is 1. The summed E-state index contributed by atoms with van der Waals surface area (Å²) in [7, 11) is 1.58. The van der Waals surface area contributed by atoms with E-state index in [1.807, 2.05) is 37.3 Å². The number of hydrogen-bond donors (Lipinski definition) is 3. The van der Waals surface area contributed by atoms with E-state index in [9.17, 15) is 9.59 Å². The van der Waals surface area contributed by atoms with Gasteiger partial charge in [0.05, 0.1) is 12.3 Å². The molecular formula is C17H21N5O3S. The molecule has 1 amide bonds. The number of carbonyl (C=O) groups is 1. The van der Waals surface area contributed by atoms with E-state index in [-0.39, 0.29) is 16.8 Å². The van der Waals surface area contributed by atoms with Crippen molar-refractivity contribution in [3.63, 3.8) is 0 Å². The van der Waals surface area contributed by atoms with Crippen LogP contribution in [-0.4, -0.2) is 40.6 Å². The van der Waals surface area contributed by atoms with E-state index >= 15 is 0 Å². The van der Waals surface area contributed by atoms with Crippen LogP contribution in [0, 0.1) is 6.92 Å². The molecule has 9 heteroatoms. The molecule has 0 saturated heterocycles. The molecule has 0 unspecified atom stereocenters. The number of thiocarbonyl (C=S) groups is 1. The van der Waals surface area contributed by atoms with Gasteiger partial charge in [0, 0.05) is 24.9 Å². The summed E-state index contributed by atoms with van der Waals surface area (Å²) in [5.41, 5.74) is 5.59. The highest BCUT2D eigenvalue weighted by Gasteiger charge is 2.15. The predicted octanol–water partition coefficient (Wildman–Crippen LogP) is 0.685. The number of carbonyl (C=O) groups excluding carboxylic acids is 1. The van der Waals surface area contributed by atoms with Crippen molar-refractivity contribution in [2.45, 2.75) is 19.9 Å². The van der Waals surface area contributed by atoms with E-state index in [4.69, 9.17) is 17.0 Å². The minimum atomic E-state index is -0.678. The van der Waals surface area contributed by atoms with Gasteiger partial charge >= 0.3 is 0 Å². The monoisotopic (exact) mass is 375 g/mol. The fourth-order valence-electron chi connectivity index (χ4n) is 2.26. The van der Waals surface area contributed by atoms with Crippen molar-refractivity contribution in [3.05, 3.63) is 58.0 Å². The molecule has 2 rings (SSSR count). The summed E-state index contributed by atoms with van der Waals surface area (Å²) < 4.78 is 6.53. The molecular weight excluding hydrogens is 354 g/mol. The number of rotatable bonds is 5. The Hall–Kier alpha value is -2.78. The summed E-state index contributed by atoms with van der Waals surface area (Å²) >= 11 is 5.07. The number of nitrogens with zero attached hydrogens (tertiary/aromatic N) is 2. The third kappa shape index (κ3) is 5.11. The zero-order valence-electron chi connectivity index (χ0n) is 14.8. The molecule has 3 N–H and O–H groups in total. The number of hydrogen-bond acceptors (Lipinski definition) is 5.